The molecule has 1 aliphatic rings. The number of likely N-dealkylation sites (tertiary alicyclic amines) is 1. The second-order valence-electron chi connectivity index (χ2n) is 4.71. The maximum Gasteiger partial charge on any atom is 0.140 e. The number of halogens is 1. The Morgan fingerprint density at radius 1 is 1.56 bits per heavy atom. The molecule has 0 spiro atoms. The van der Waals surface area contributed by atoms with Gasteiger partial charge in [-0.25, -0.2) is 4.39 Å². The van der Waals surface area contributed by atoms with E-state index >= 15 is 0 Å². The fraction of sp³-hybridized carbons (Fsp3) is 0.500. The average Bonchev–Trinajstić information content (AvgIpc) is 2.82. The quantitative estimate of drug-likeness (QED) is 0.889. The van der Waals surface area contributed by atoms with Gasteiger partial charge in [0.25, 0.3) is 0 Å². The van der Waals surface area contributed by atoms with Crippen molar-refractivity contribution in [3.8, 4) is 6.07 Å². The van der Waals surface area contributed by atoms with Crippen LogP contribution in [0.25, 0.3) is 0 Å². The van der Waals surface area contributed by atoms with E-state index in [4.69, 9.17) is 11.0 Å². The number of rotatable bonds is 3. The number of nitriles is 1. The number of hydrogen-bond acceptors (Lipinski definition) is 3. The zero-order valence-electron chi connectivity index (χ0n) is 10.6. The van der Waals surface area contributed by atoms with Crippen LogP contribution in [0.3, 0.4) is 0 Å². The van der Waals surface area contributed by atoms with Crippen molar-refractivity contribution >= 4 is 0 Å². The molecule has 0 amide bonds. The van der Waals surface area contributed by atoms with Crippen molar-refractivity contribution < 1.29 is 4.39 Å². The molecule has 0 aliphatic carbocycles. The van der Waals surface area contributed by atoms with Crippen molar-refractivity contribution in [3.63, 3.8) is 0 Å². The zero-order valence-corrected chi connectivity index (χ0v) is 10.6. The fourth-order valence-corrected chi connectivity index (χ4v) is 2.82. The molecular weight excluding hydrogens is 229 g/mol. The van der Waals surface area contributed by atoms with Crippen LogP contribution in [0.15, 0.2) is 18.2 Å². The molecule has 1 fully saturated rings. The second kappa shape index (κ2) is 5.47. The molecule has 96 valence electrons. The molecule has 1 aromatic rings. The number of nitrogens with zero attached hydrogens (tertiary/aromatic N) is 2. The van der Waals surface area contributed by atoms with Crippen molar-refractivity contribution in [2.75, 3.05) is 19.6 Å². The molecule has 4 heteroatoms. The minimum absolute atomic E-state index is 0.117. The molecule has 2 unspecified atom stereocenters. The monoisotopic (exact) mass is 247 g/mol. The normalized spacial score (nSPS) is 24.1. The Labute approximate surface area is 107 Å². The summed E-state index contributed by atoms with van der Waals surface area (Å²) in [5.41, 5.74) is 6.93. The van der Waals surface area contributed by atoms with Crippen LogP contribution in [0.2, 0.25) is 0 Å². The van der Waals surface area contributed by atoms with Crippen LogP contribution in [0.4, 0.5) is 4.39 Å². The molecular formula is C14H18FN3. The molecule has 1 heterocycles. The maximum absolute atomic E-state index is 13.4. The van der Waals surface area contributed by atoms with Gasteiger partial charge in [0.15, 0.2) is 0 Å². The Morgan fingerprint density at radius 2 is 2.33 bits per heavy atom. The summed E-state index contributed by atoms with van der Waals surface area (Å²) in [6.45, 7) is 4.70. The first-order valence-electron chi connectivity index (χ1n) is 6.35. The predicted molar refractivity (Wildman–Crippen MR) is 68.3 cm³/mol. The highest BCUT2D eigenvalue weighted by Crippen LogP contribution is 2.36. The van der Waals surface area contributed by atoms with E-state index in [1.807, 2.05) is 6.07 Å². The lowest BCUT2D eigenvalue weighted by atomic mass is 9.92. The molecule has 1 saturated heterocycles. The maximum atomic E-state index is 13.4. The lowest BCUT2D eigenvalue weighted by Gasteiger charge is -2.27. The van der Waals surface area contributed by atoms with Crippen LogP contribution in [0.1, 0.15) is 30.5 Å². The van der Waals surface area contributed by atoms with Gasteiger partial charge in [-0.3, -0.25) is 4.90 Å². The Hall–Kier alpha value is -1.44. The van der Waals surface area contributed by atoms with Crippen LogP contribution >= 0.6 is 0 Å². The summed E-state index contributed by atoms with van der Waals surface area (Å²) in [7, 11) is 0. The van der Waals surface area contributed by atoms with Gasteiger partial charge in [0, 0.05) is 6.04 Å². The fourth-order valence-electron chi connectivity index (χ4n) is 2.82. The topological polar surface area (TPSA) is 53.0 Å². The summed E-state index contributed by atoms with van der Waals surface area (Å²) in [5.74, 6) is -0.0615. The molecule has 3 nitrogen and oxygen atoms in total. The third kappa shape index (κ3) is 2.24. The molecule has 0 saturated carbocycles. The largest absolute Gasteiger partial charge is 0.330 e. The van der Waals surface area contributed by atoms with Crippen molar-refractivity contribution in [1.82, 2.24) is 4.90 Å². The lowest BCUT2D eigenvalue weighted by Crippen LogP contribution is -2.28. The van der Waals surface area contributed by atoms with Gasteiger partial charge in [-0.2, -0.15) is 5.26 Å². The summed E-state index contributed by atoms with van der Waals surface area (Å²) in [6.07, 6.45) is 1.06. The van der Waals surface area contributed by atoms with Crippen molar-refractivity contribution in [3.05, 3.63) is 35.1 Å². The Morgan fingerprint density at radius 3 is 2.94 bits per heavy atom. The molecule has 0 bridgehead atoms. The van der Waals surface area contributed by atoms with Crippen LogP contribution in [-0.4, -0.2) is 24.5 Å². The van der Waals surface area contributed by atoms with E-state index in [9.17, 15) is 4.39 Å². The molecule has 18 heavy (non-hydrogen) atoms. The summed E-state index contributed by atoms with van der Waals surface area (Å²) in [6, 6.07) is 6.94. The van der Waals surface area contributed by atoms with E-state index in [2.05, 4.69) is 11.8 Å². The minimum atomic E-state index is -0.452. The standard InChI is InChI=1S/C14H18FN3/c1-2-18-6-5-11(8-16)14(18)10-3-4-13(15)12(7-10)9-17/h3-4,7,11,14H,2,5-6,8,16H2,1H3. The van der Waals surface area contributed by atoms with Crippen LogP contribution in [0, 0.1) is 23.1 Å². The molecule has 0 radical (unpaired) electrons. The van der Waals surface area contributed by atoms with Crippen LogP contribution in [-0.2, 0) is 0 Å². The van der Waals surface area contributed by atoms with E-state index in [-0.39, 0.29) is 11.6 Å². The van der Waals surface area contributed by atoms with E-state index in [0.29, 0.717) is 12.5 Å². The first kappa shape index (κ1) is 13.0. The SMILES string of the molecule is CCN1CCC(CN)C1c1ccc(F)c(C#N)c1. The molecule has 0 aromatic heterocycles. The first-order chi connectivity index (χ1) is 8.71. The van der Waals surface area contributed by atoms with Crippen molar-refractivity contribution in [1.29, 1.82) is 5.26 Å². The van der Waals surface area contributed by atoms with E-state index < -0.39 is 5.82 Å². The van der Waals surface area contributed by atoms with Gasteiger partial charge in [-0.15, -0.1) is 0 Å². The van der Waals surface area contributed by atoms with Gasteiger partial charge in [0.2, 0.25) is 0 Å². The number of benzene rings is 1. The van der Waals surface area contributed by atoms with Gasteiger partial charge in [0.05, 0.1) is 5.56 Å². The molecule has 2 rings (SSSR count). The zero-order chi connectivity index (χ0) is 13.1. The second-order valence-corrected chi connectivity index (χ2v) is 4.71. The first-order valence-corrected chi connectivity index (χ1v) is 6.35. The Bertz CT molecular complexity index is 455. The van der Waals surface area contributed by atoms with Crippen LogP contribution < -0.4 is 5.73 Å². The van der Waals surface area contributed by atoms with Gasteiger partial charge in [-0.05, 0) is 49.7 Å². The van der Waals surface area contributed by atoms with E-state index in [1.54, 1.807) is 12.1 Å². The lowest BCUT2D eigenvalue weighted by molar-refractivity contribution is 0.242. The predicted octanol–water partition coefficient (Wildman–Crippen LogP) is 2.04. The smallest absolute Gasteiger partial charge is 0.140 e. The molecule has 2 N–H and O–H groups in total. The third-order valence-corrected chi connectivity index (χ3v) is 3.79. The average molecular weight is 247 g/mol. The molecule has 1 aliphatic heterocycles. The number of hydrogen-bond donors (Lipinski definition) is 1. The van der Waals surface area contributed by atoms with Crippen molar-refractivity contribution in [2.45, 2.75) is 19.4 Å². The van der Waals surface area contributed by atoms with Gasteiger partial charge < -0.3 is 5.73 Å². The highest BCUT2D eigenvalue weighted by Gasteiger charge is 2.33. The Balaban J connectivity index is 2.36. The Kier molecular flexibility index (Phi) is 3.95. The highest BCUT2D eigenvalue weighted by molar-refractivity contribution is 5.36. The number of nitrogens with two attached hydrogens (primary N) is 1. The van der Waals surface area contributed by atoms with Gasteiger partial charge in [-0.1, -0.05) is 13.0 Å². The summed E-state index contributed by atoms with van der Waals surface area (Å²) < 4.78 is 13.4. The van der Waals surface area contributed by atoms with E-state index in [0.717, 1.165) is 25.1 Å². The molecule has 1 aromatic carbocycles. The van der Waals surface area contributed by atoms with Crippen molar-refractivity contribution in [2.24, 2.45) is 11.7 Å². The van der Waals surface area contributed by atoms with Crippen LogP contribution in [0.5, 0.6) is 0 Å². The summed E-state index contributed by atoms with van der Waals surface area (Å²) in [5, 5.41) is 8.90. The highest BCUT2D eigenvalue weighted by atomic mass is 19.1. The summed E-state index contributed by atoms with van der Waals surface area (Å²) in [4.78, 5) is 2.34. The third-order valence-electron chi connectivity index (χ3n) is 3.79. The van der Waals surface area contributed by atoms with E-state index in [1.165, 1.54) is 6.07 Å². The minimum Gasteiger partial charge on any atom is -0.330 e. The van der Waals surface area contributed by atoms with Gasteiger partial charge in [0.1, 0.15) is 11.9 Å². The summed E-state index contributed by atoms with van der Waals surface area (Å²) >= 11 is 0. The van der Waals surface area contributed by atoms with Gasteiger partial charge >= 0.3 is 0 Å². The molecule has 2 atom stereocenters.